The van der Waals surface area contributed by atoms with Crippen LogP contribution in [0.3, 0.4) is 0 Å². The molecule has 148 valence electrons. The third kappa shape index (κ3) is 3.24. The number of aromatic nitrogens is 2. The lowest BCUT2D eigenvalue weighted by Crippen LogP contribution is -2.65. The van der Waals surface area contributed by atoms with Gasteiger partial charge in [0.2, 0.25) is 0 Å². The zero-order chi connectivity index (χ0) is 20.2. The Balaban J connectivity index is 2.24. The van der Waals surface area contributed by atoms with Gasteiger partial charge in [-0.2, -0.15) is 13.2 Å². The minimum absolute atomic E-state index is 0.228. The highest BCUT2D eigenvalue weighted by atomic mass is 19.4. The largest absolute Gasteiger partial charge is 0.465 e. The first-order valence-corrected chi connectivity index (χ1v) is 8.57. The number of halogens is 3. The molecule has 1 aliphatic heterocycles. The van der Waals surface area contributed by atoms with Crippen molar-refractivity contribution >= 4 is 17.1 Å². The minimum atomic E-state index is -4.63. The van der Waals surface area contributed by atoms with Crippen molar-refractivity contribution in [2.24, 2.45) is 11.3 Å². The van der Waals surface area contributed by atoms with Crippen molar-refractivity contribution in [3.63, 3.8) is 0 Å². The fraction of sp³-hybridized carbons (Fsp3) is 0.556. The molecule has 1 saturated heterocycles. The summed E-state index contributed by atoms with van der Waals surface area (Å²) in [6.45, 7) is 4.42. The van der Waals surface area contributed by atoms with Gasteiger partial charge in [-0.15, -0.1) is 0 Å². The van der Waals surface area contributed by atoms with Gasteiger partial charge >= 0.3 is 12.3 Å². The van der Waals surface area contributed by atoms with E-state index in [1.165, 1.54) is 12.4 Å². The van der Waals surface area contributed by atoms with Crippen LogP contribution in [-0.4, -0.2) is 49.9 Å². The Labute approximate surface area is 154 Å². The number of fused-ring (bicyclic) bond motifs is 1. The molecule has 2 aromatic rings. The molecule has 6 nitrogen and oxygen atoms in total. The normalized spacial score (nSPS) is 27.1. The van der Waals surface area contributed by atoms with Crippen molar-refractivity contribution in [1.82, 2.24) is 14.9 Å². The lowest BCUT2D eigenvalue weighted by atomic mass is 9.66. The van der Waals surface area contributed by atoms with Gasteiger partial charge < -0.3 is 20.1 Å². The van der Waals surface area contributed by atoms with Gasteiger partial charge in [0.1, 0.15) is 11.2 Å². The summed E-state index contributed by atoms with van der Waals surface area (Å²) in [4.78, 5) is 19.5. The number of rotatable bonds is 1. The molecule has 0 bridgehead atoms. The number of pyridine rings is 1. The van der Waals surface area contributed by atoms with Crippen LogP contribution >= 0.6 is 0 Å². The molecular weight excluding hydrogens is 363 g/mol. The van der Waals surface area contributed by atoms with E-state index in [9.17, 15) is 28.2 Å². The molecule has 27 heavy (non-hydrogen) atoms. The molecule has 3 unspecified atom stereocenters. The number of aromatic amines is 1. The third-order valence-electron chi connectivity index (χ3n) is 5.19. The Morgan fingerprint density at radius 3 is 2.59 bits per heavy atom. The summed E-state index contributed by atoms with van der Waals surface area (Å²) in [6.07, 6.45) is -3.79. The number of nitrogens with zero attached hydrogens (tertiary/aromatic N) is 2. The summed E-state index contributed by atoms with van der Waals surface area (Å²) in [5.41, 5.74) is -2.19. The van der Waals surface area contributed by atoms with E-state index < -0.39 is 48.2 Å². The SMILES string of the molecule is CC(C)(C)C1N(C(=O)O)CC(C(F)(F)F)CC1(O)c1c[nH]c2ncccc12. The maximum absolute atomic E-state index is 13.5. The van der Waals surface area contributed by atoms with Crippen LogP contribution in [0.4, 0.5) is 18.0 Å². The minimum Gasteiger partial charge on any atom is -0.465 e. The number of carboxylic acid groups (broad SMARTS) is 1. The molecule has 0 aliphatic carbocycles. The highest BCUT2D eigenvalue weighted by molar-refractivity contribution is 5.81. The second-order valence-electron chi connectivity index (χ2n) is 8.17. The fourth-order valence-electron chi connectivity index (χ4n) is 4.32. The molecule has 0 saturated carbocycles. The number of nitrogens with one attached hydrogen (secondary N) is 1. The van der Waals surface area contributed by atoms with Gasteiger partial charge in [0, 0.05) is 29.9 Å². The van der Waals surface area contributed by atoms with Crippen LogP contribution in [0, 0.1) is 11.3 Å². The molecule has 3 atom stereocenters. The molecule has 0 radical (unpaired) electrons. The van der Waals surface area contributed by atoms with Crippen molar-refractivity contribution in [2.45, 2.75) is 45.0 Å². The molecule has 1 fully saturated rings. The topological polar surface area (TPSA) is 89.5 Å². The van der Waals surface area contributed by atoms with E-state index in [0.717, 1.165) is 4.90 Å². The molecule has 9 heteroatoms. The Kier molecular flexibility index (Phi) is 4.41. The predicted molar refractivity (Wildman–Crippen MR) is 92.1 cm³/mol. The van der Waals surface area contributed by atoms with E-state index in [-0.39, 0.29) is 5.56 Å². The first kappa shape index (κ1) is 19.5. The summed E-state index contributed by atoms with van der Waals surface area (Å²) in [6, 6.07) is 2.20. The predicted octanol–water partition coefficient (Wildman–Crippen LogP) is 3.73. The summed E-state index contributed by atoms with van der Waals surface area (Å²) >= 11 is 0. The van der Waals surface area contributed by atoms with E-state index in [0.29, 0.717) is 11.0 Å². The Morgan fingerprint density at radius 2 is 2.04 bits per heavy atom. The molecule has 0 aromatic carbocycles. The number of H-pyrrole nitrogens is 1. The fourth-order valence-corrected chi connectivity index (χ4v) is 4.32. The van der Waals surface area contributed by atoms with Crippen LogP contribution in [0.2, 0.25) is 0 Å². The smallest absolute Gasteiger partial charge is 0.407 e. The van der Waals surface area contributed by atoms with Gasteiger partial charge in [-0.1, -0.05) is 20.8 Å². The van der Waals surface area contributed by atoms with Gasteiger partial charge in [-0.3, -0.25) is 0 Å². The number of amides is 1. The zero-order valence-electron chi connectivity index (χ0n) is 15.2. The molecule has 1 aliphatic rings. The van der Waals surface area contributed by atoms with Crippen molar-refractivity contribution in [1.29, 1.82) is 0 Å². The van der Waals surface area contributed by atoms with Crippen LogP contribution in [-0.2, 0) is 5.60 Å². The molecule has 2 aromatic heterocycles. The second kappa shape index (κ2) is 6.12. The van der Waals surface area contributed by atoms with Gasteiger partial charge in [-0.25, -0.2) is 9.78 Å². The summed E-state index contributed by atoms with van der Waals surface area (Å²) < 4.78 is 40.6. The highest BCUT2D eigenvalue weighted by Crippen LogP contribution is 2.50. The average Bonchev–Trinajstić information content (AvgIpc) is 2.96. The summed E-state index contributed by atoms with van der Waals surface area (Å²) in [7, 11) is 0. The van der Waals surface area contributed by atoms with Gasteiger partial charge in [0.15, 0.2) is 0 Å². The Hall–Kier alpha value is -2.29. The summed E-state index contributed by atoms with van der Waals surface area (Å²) in [5.74, 6) is -1.97. The lowest BCUT2D eigenvalue weighted by molar-refractivity contribution is -0.227. The maximum Gasteiger partial charge on any atom is 0.407 e. The van der Waals surface area contributed by atoms with E-state index in [1.807, 2.05) is 0 Å². The number of aliphatic hydroxyl groups is 1. The number of hydrogen-bond donors (Lipinski definition) is 3. The van der Waals surface area contributed by atoms with Crippen LogP contribution in [0.15, 0.2) is 24.5 Å². The van der Waals surface area contributed by atoms with Gasteiger partial charge in [0.25, 0.3) is 0 Å². The highest BCUT2D eigenvalue weighted by Gasteiger charge is 2.59. The van der Waals surface area contributed by atoms with Crippen molar-refractivity contribution in [3.05, 3.63) is 30.1 Å². The van der Waals surface area contributed by atoms with Gasteiger partial charge in [-0.05, 0) is 24.0 Å². The van der Waals surface area contributed by atoms with Crippen LogP contribution in [0.1, 0.15) is 32.8 Å². The molecule has 3 rings (SSSR count). The maximum atomic E-state index is 13.5. The van der Waals surface area contributed by atoms with Crippen LogP contribution in [0.25, 0.3) is 11.0 Å². The quantitative estimate of drug-likeness (QED) is 0.698. The number of hydrogen-bond acceptors (Lipinski definition) is 3. The average molecular weight is 385 g/mol. The van der Waals surface area contributed by atoms with Crippen molar-refractivity contribution in [3.8, 4) is 0 Å². The van der Waals surface area contributed by atoms with Crippen molar-refractivity contribution in [2.75, 3.05) is 6.54 Å². The second-order valence-corrected chi connectivity index (χ2v) is 8.17. The van der Waals surface area contributed by atoms with Crippen LogP contribution < -0.4 is 0 Å². The zero-order valence-corrected chi connectivity index (χ0v) is 15.2. The first-order chi connectivity index (χ1) is 12.4. The first-order valence-electron chi connectivity index (χ1n) is 8.57. The van der Waals surface area contributed by atoms with Crippen molar-refractivity contribution < 1.29 is 28.2 Å². The number of alkyl halides is 3. The molecule has 0 spiro atoms. The van der Waals surface area contributed by atoms with Gasteiger partial charge in [0.05, 0.1) is 12.0 Å². The Bertz CT molecular complexity index is 859. The molecule has 1 amide bonds. The third-order valence-corrected chi connectivity index (χ3v) is 5.19. The van der Waals surface area contributed by atoms with E-state index in [2.05, 4.69) is 9.97 Å². The van der Waals surface area contributed by atoms with E-state index in [1.54, 1.807) is 32.9 Å². The van der Waals surface area contributed by atoms with Crippen LogP contribution in [0.5, 0.6) is 0 Å². The lowest BCUT2D eigenvalue weighted by Gasteiger charge is -2.53. The molecule has 3 heterocycles. The standard InChI is InChI=1S/C18H22F3N3O3/c1-16(2,3)14-17(27,12-8-23-13-11(12)5-4-6-22-13)7-10(18(19,20)21)9-24(14)15(25)26/h4-6,8,10,14,27H,7,9H2,1-3H3,(H,22,23)(H,25,26). The Morgan fingerprint density at radius 1 is 1.37 bits per heavy atom. The number of carbonyl (C=O) groups is 1. The van der Waals surface area contributed by atoms with E-state index in [4.69, 9.17) is 0 Å². The number of likely N-dealkylation sites (tertiary alicyclic amines) is 1. The summed E-state index contributed by atoms with van der Waals surface area (Å²) in [5, 5.41) is 21.7. The number of piperidine rings is 1. The van der Waals surface area contributed by atoms with E-state index >= 15 is 0 Å². The molecular formula is C18H22F3N3O3. The monoisotopic (exact) mass is 385 g/mol. The molecule has 3 N–H and O–H groups in total.